The van der Waals surface area contributed by atoms with Gasteiger partial charge in [-0.05, 0) is 48.9 Å². The average Bonchev–Trinajstić information content (AvgIpc) is 2.99. The maximum Gasteiger partial charge on any atom is 0.0637 e. The van der Waals surface area contributed by atoms with Crippen molar-refractivity contribution in [3.05, 3.63) is 0 Å². The van der Waals surface area contributed by atoms with E-state index in [2.05, 4.69) is 36.7 Å². The third kappa shape index (κ3) is 2.04. The molecule has 3 unspecified atom stereocenters. The van der Waals surface area contributed by atoms with Crippen LogP contribution in [-0.4, -0.2) is 18.0 Å². The highest BCUT2D eigenvalue weighted by molar-refractivity contribution is 9.09. The van der Waals surface area contributed by atoms with Gasteiger partial charge in [-0.25, -0.2) is 0 Å². The maximum absolute atomic E-state index is 6.52. The molecule has 0 spiro atoms. The van der Waals surface area contributed by atoms with E-state index < -0.39 is 0 Å². The van der Waals surface area contributed by atoms with Crippen LogP contribution in [0.5, 0.6) is 0 Å². The van der Waals surface area contributed by atoms with Gasteiger partial charge in [0.1, 0.15) is 0 Å². The standard InChI is InChI=1S/C17H29BrO/c1-15(2)13-6-9-16(15,3)14(10-13)19-12-17(11-18)7-4-5-8-17/h13-14H,4-12H2,1-3H3. The van der Waals surface area contributed by atoms with Crippen molar-refractivity contribution in [2.45, 2.75) is 71.8 Å². The molecule has 2 bridgehead atoms. The van der Waals surface area contributed by atoms with Crippen molar-refractivity contribution in [2.75, 3.05) is 11.9 Å². The molecule has 0 amide bonds. The molecule has 3 fully saturated rings. The summed E-state index contributed by atoms with van der Waals surface area (Å²) in [7, 11) is 0. The molecule has 0 N–H and O–H groups in total. The summed E-state index contributed by atoms with van der Waals surface area (Å²) >= 11 is 3.74. The quantitative estimate of drug-likeness (QED) is 0.646. The maximum atomic E-state index is 6.52. The second kappa shape index (κ2) is 4.73. The number of alkyl halides is 1. The minimum Gasteiger partial charge on any atom is -0.377 e. The smallest absolute Gasteiger partial charge is 0.0637 e. The Bertz CT molecular complexity index is 345. The zero-order chi connectivity index (χ0) is 13.7. The second-order valence-electron chi connectivity index (χ2n) is 8.25. The Kier molecular flexibility index (Phi) is 3.58. The van der Waals surface area contributed by atoms with Crippen LogP contribution in [0.1, 0.15) is 65.7 Å². The van der Waals surface area contributed by atoms with Crippen molar-refractivity contribution in [2.24, 2.45) is 22.2 Å². The van der Waals surface area contributed by atoms with E-state index >= 15 is 0 Å². The highest BCUT2D eigenvalue weighted by Gasteiger charge is 2.62. The van der Waals surface area contributed by atoms with Crippen LogP contribution < -0.4 is 0 Å². The Morgan fingerprint density at radius 2 is 1.79 bits per heavy atom. The molecular weight excluding hydrogens is 300 g/mol. The van der Waals surface area contributed by atoms with Crippen LogP contribution in [0.2, 0.25) is 0 Å². The van der Waals surface area contributed by atoms with E-state index in [1.54, 1.807) is 0 Å². The molecule has 0 aromatic carbocycles. The van der Waals surface area contributed by atoms with Crippen LogP contribution in [0, 0.1) is 22.2 Å². The second-order valence-corrected chi connectivity index (χ2v) is 8.81. The van der Waals surface area contributed by atoms with Gasteiger partial charge in [0.15, 0.2) is 0 Å². The molecule has 1 nitrogen and oxygen atoms in total. The molecule has 3 saturated carbocycles. The molecule has 3 aliphatic rings. The van der Waals surface area contributed by atoms with Gasteiger partial charge in [0.2, 0.25) is 0 Å². The van der Waals surface area contributed by atoms with Crippen LogP contribution in [0.25, 0.3) is 0 Å². The number of rotatable bonds is 4. The summed E-state index contributed by atoms with van der Waals surface area (Å²) in [6.45, 7) is 8.43. The predicted molar refractivity (Wildman–Crippen MR) is 83.7 cm³/mol. The van der Waals surface area contributed by atoms with Crippen LogP contribution in [0.4, 0.5) is 0 Å². The lowest BCUT2D eigenvalue weighted by atomic mass is 9.70. The van der Waals surface area contributed by atoms with Crippen LogP contribution in [-0.2, 0) is 4.74 Å². The molecule has 0 aromatic rings. The molecule has 110 valence electrons. The summed E-state index contributed by atoms with van der Waals surface area (Å²) in [5.41, 5.74) is 1.35. The average molecular weight is 329 g/mol. The highest BCUT2D eigenvalue weighted by atomic mass is 79.9. The fourth-order valence-corrected chi connectivity index (χ4v) is 5.82. The van der Waals surface area contributed by atoms with Crippen molar-refractivity contribution in [3.8, 4) is 0 Å². The van der Waals surface area contributed by atoms with Gasteiger partial charge in [-0.1, -0.05) is 49.5 Å². The Labute approximate surface area is 127 Å². The minimum absolute atomic E-state index is 0.420. The molecule has 0 aliphatic heterocycles. The minimum atomic E-state index is 0.420. The van der Waals surface area contributed by atoms with E-state index in [1.165, 1.54) is 44.9 Å². The summed E-state index contributed by atoms with van der Waals surface area (Å²) in [6, 6.07) is 0. The van der Waals surface area contributed by atoms with Gasteiger partial charge >= 0.3 is 0 Å². The number of hydrogen-bond donors (Lipinski definition) is 0. The van der Waals surface area contributed by atoms with Crippen LogP contribution in [0.15, 0.2) is 0 Å². The van der Waals surface area contributed by atoms with Gasteiger partial charge in [-0.15, -0.1) is 0 Å². The van der Waals surface area contributed by atoms with Gasteiger partial charge in [0.25, 0.3) is 0 Å². The summed E-state index contributed by atoms with van der Waals surface area (Å²) in [4.78, 5) is 0. The first-order chi connectivity index (χ1) is 8.94. The molecule has 0 saturated heterocycles. The van der Waals surface area contributed by atoms with Crippen LogP contribution in [0.3, 0.4) is 0 Å². The van der Waals surface area contributed by atoms with Gasteiger partial charge in [-0.3, -0.25) is 0 Å². The molecule has 0 heterocycles. The van der Waals surface area contributed by atoms with Crippen molar-refractivity contribution in [3.63, 3.8) is 0 Å². The molecule has 3 atom stereocenters. The summed E-state index contributed by atoms with van der Waals surface area (Å²) in [6.07, 6.45) is 10.1. The van der Waals surface area contributed by atoms with Gasteiger partial charge in [0, 0.05) is 10.7 Å². The van der Waals surface area contributed by atoms with E-state index in [-0.39, 0.29) is 0 Å². The normalized spacial score (nSPS) is 42.9. The number of fused-ring (bicyclic) bond motifs is 2. The summed E-state index contributed by atoms with van der Waals surface area (Å²) < 4.78 is 6.52. The molecule has 0 radical (unpaired) electrons. The Balaban J connectivity index is 1.66. The number of hydrogen-bond acceptors (Lipinski definition) is 1. The Morgan fingerprint density at radius 1 is 1.11 bits per heavy atom. The van der Waals surface area contributed by atoms with Crippen molar-refractivity contribution < 1.29 is 4.74 Å². The van der Waals surface area contributed by atoms with Crippen molar-refractivity contribution in [1.82, 2.24) is 0 Å². The van der Waals surface area contributed by atoms with E-state index in [1.807, 2.05) is 0 Å². The molecule has 2 heteroatoms. The molecule has 19 heavy (non-hydrogen) atoms. The molecular formula is C17H29BrO. The molecule has 3 rings (SSSR count). The lowest BCUT2D eigenvalue weighted by molar-refractivity contribution is -0.0732. The predicted octanol–water partition coefficient (Wildman–Crippen LogP) is 5.17. The van der Waals surface area contributed by atoms with Gasteiger partial charge in [0.05, 0.1) is 12.7 Å². The van der Waals surface area contributed by atoms with E-state index in [0.29, 0.717) is 22.3 Å². The first-order valence-electron chi connectivity index (χ1n) is 8.11. The Hall–Kier alpha value is 0.440. The van der Waals surface area contributed by atoms with E-state index in [9.17, 15) is 0 Å². The fourth-order valence-electron chi connectivity index (χ4n) is 5.10. The van der Waals surface area contributed by atoms with E-state index in [0.717, 1.165) is 17.9 Å². The zero-order valence-corrected chi connectivity index (χ0v) is 14.4. The molecule has 3 aliphatic carbocycles. The largest absolute Gasteiger partial charge is 0.377 e. The first-order valence-corrected chi connectivity index (χ1v) is 9.23. The summed E-state index contributed by atoms with van der Waals surface area (Å²) in [5.74, 6) is 0.894. The number of halogens is 1. The third-order valence-electron chi connectivity index (χ3n) is 7.25. The zero-order valence-electron chi connectivity index (χ0n) is 12.8. The van der Waals surface area contributed by atoms with Gasteiger partial charge < -0.3 is 4.74 Å². The topological polar surface area (TPSA) is 9.23 Å². The van der Waals surface area contributed by atoms with Gasteiger partial charge in [-0.2, -0.15) is 0 Å². The highest BCUT2D eigenvalue weighted by Crippen LogP contribution is 2.66. The van der Waals surface area contributed by atoms with E-state index in [4.69, 9.17) is 4.74 Å². The monoisotopic (exact) mass is 328 g/mol. The fraction of sp³-hybridized carbons (Fsp3) is 1.00. The SMILES string of the molecule is CC1(C)C2CCC1(C)C(OCC1(CBr)CCCC1)C2. The molecule has 0 aromatic heterocycles. The lowest BCUT2D eigenvalue weighted by Gasteiger charge is -2.40. The number of ether oxygens (including phenoxy) is 1. The Morgan fingerprint density at radius 3 is 2.26 bits per heavy atom. The third-order valence-corrected chi connectivity index (χ3v) is 8.44. The summed E-state index contributed by atoms with van der Waals surface area (Å²) in [5, 5.41) is 1.12. The van der Waals surface area contributed by atoms with Crippen molar-refractivity contribution >= 4 is 15.9 Å². The van der Waals surface area contributed by atoms with Crippen LogP contribution >= 0.6 is 15.9 Å². The lowest BCUT2D eigenvalue weighted by Crippen LogP contribution is -2.39. The first kappa shape index (κ1) is 14.4. The van der Waals surface area contributed by atoms with Crippen molar-refractivity contribution in [1.29, 1.82) is 0 Å².